The zero-order valence-electron chi connectivity index (χ0n) is 18.4. The number of sulfonamides is 1. The summed E-state index contributed by atoms with van der Waals surface area (Å²) in [6.45, 7) is 2.05. The van der Waals surface area contributed by atoms with E-state index in [1.54, 1.807) is 48.5 Å². The van der Waals surface area contributed by atoms with Gasteiger partial charge in [0.05, 0.1) is 17.0 Å². The zero-order chi connectivity index (χ0) is 23.4. The molecular formula is C24H28ClN3O4S. The topological polar surface area (TPSA) is 86.8 Å². The van der Waals surface area contributed by atoms with Crippen LogP contribution in [0.4, 0.5) is 5.69 Å². The maximum atomic E-state index is 12.9. The van der Waals surface area contributed by atoms with Crippen LogP contribution < -0.4 is 5.32 Å². The molecule has 2 saturated heterocycles. The van der Waals surface area contributed by atoms with Crippen molar-refractivity contribution in [3.63, 3.8) is 0 Å². The van der Waals surface area contributed by atoms with Crippen LogP contribution in [0.5, 0.6) is 0 Å². The maximum Gasteiger partial charge on any atom is 0.255 e. The van der Waals surface area contributed by atoms with Gasteiger partial charge >= 0.3 is 0 Å². The van der Waals surface area contributed by atoms with E-state index in [0.717, 1.165) is 25.9 Å². The number of carbonyl (C=O) groups is 2. The van der Waals surface area contributed by atoms with Crippen molar-refractivity contribution in [2.24, 2.45) is 5.92 Å². The minimum Gasteiger partial charge on any atom is -0.339 e. The number of halogens is 1. The first-order valence-electron chi connectivity index (χ1n) is 11.2. The van der Waals surface area contributed by atoms with Crippen molar-refractivity contribution < 1.29 is 18.0 Å². The molecule has 4 rings (SSSR count). The van der Waals surface area contributed by atoms with Crippen molar-refractivity contribution in [3.8, 4) is 0 Å². The van der Waals surface area contributed by atoms with Crippen molar-refractivity contribution >= 4 is 39.1 Å². The molecule has 2 heterocycles. The first-order chi connectivity index (χ1) is 15.8. The van der Waals surface area contributed by atoms with E-state index < -0.39 is 10.0 Å². The maximum absolute atomic E-state index is 12.9. The summed E-state index contributed by atoms with van der Waals surface area (Å²) >= 11 is 5.97. The summed E-state index contributed by atoms with van der Waals surface area (Å²) in [5.41, 5.74) is 1.64. The van der Waals surface area contributed by atoms with Crippen LogP contribution in [0, 0.1) is 5.92 Å². The molecule has 0 radical (unpaired) electrons. The van der Waals surface area contributed by atoms with Crippen LogP contribution in [0.15, 0.2) is 48.5 Å². The predicted molar refractivity (Wildman–Crippen MR) is 129 cm³/mol. The molecule has 2 fully saturated rings. The largest absolute Gasteiger partial charge is 0.339 e. The number of hydrogen-bond donors (Lipinski definition) is 1. The zero-order valence-corrected chi connectivity index (χ0v) is 19.9. The number of carbonyl (C=O) groups excluding carboxylic acids is 2. The SMILES string of the molecule is O=C(Nc1ccccc1C(=O)N1CCCC1)C1CCN(S(=O)(=O)Cc2cccc(Cl)c2)CC1. The molecule has 2 aliphatic heterocycles. The van der Waals surface area contributed by atoms with Gasteiger partial charge in [0.15, 0.2) is 0 Å². The first kappa shape index (κ1) is 23.7. The van der Waals surface area contributed by atoms with Gasteiger partial charge in [0.25, 0.3) is 5.91 Å². The van der Waals surface area contributed by atoms with Gasteiger partial charge in [-0.15, -0.1) is 0 Å². The number of likely N-dealkylation sites (tertiary alicyclic amines) is 1. The lowest BCUT2D eigenvalue weighted by Gasteiger charge is -2.30. The number of benzene rings is 2. The summed E-state index contributed by atoms with van der Waals surface area (Å²) in [6, 6.07) is 13.9. The standard InChI is InChI=1S/C24H28ClN3O4S/c25-20-7-5-6-18(16-20)17-33(31,32)28-14-10-19(11-15-28)23(29)26-22-9-2-1-8-21(22)24(30)27-12-3-4-13-27/h1-2,5-9,16,19H,3-4,10-15,17H2,(H,26,29). The Balaban J connectivity index is 1.36. The number of amides is 2. The van der Waals surface area contributed by atoms with Crippen LogP contribution in [0.1, 0.15) is 41.6 Å². The van der Waals surface area contributed by atoms with Gasteiger partial charge in [0.2, 0.25) is 15.9 Å². The molecule has 0 bridgehead atoms. The van der Waals surface area contributed by atoms with Gasteiger partial charge in [0.1, 0.15) is 0 Å². The Morgan fingerprint density at radius 1 is 0.970 bits per heavy atom. The second-order valence-electron chi connectivity index (χ2n) is 8.59. The Morgan fingerprint density at radius 3 is 2.36 bits per heavy atom. The number of hydrogen-bond acceptors (Lipinski definition) is 4. The second kappa shape index (κ2) is 10.2. The molecule has 176 valence electrons. The summed E-state index contributed by atoms with van der Waals surface area (Å²) in [4.78, 5) is 27.6. The van der Waals surface area contributed by atoms with Crippen molar-refractivity contribution in [1.82, 2.24) is 9.21 Å². The van der Waals surface area contributed by atoms with E-state index in [-0.39, 0.29) is 36.6 Å². The molecule has 9 heteroatoms. The van der Waals surface area contributed by atoms with Crippen molar-refractivity contribution in [3.05, 3.63) is 64.7 Å². The third-order valence-electron chi connectivity index (χ3n) is 6.26. The minimum atomic E-state index is -3.50. The number of anilines is 1. The summed E-state index contributed by atoms with van der Waals surface area (Å²) in [5, 5.41) is 3.42. The van der Waals surface area contributed by atoms with Gasteiger partial charge in [-0.05, 0) is 55.5 Å². The molecule has 2 aromatic rings. The van der Waals surface area contributed by atoms with E-state index in [4.69, 9.17) is 11.6 Å². The molecule has 33 heavy (non-hydrogen) atoms. The molecule has 2 aromatic carbocycles. The first-order valence-corrected chi connectivity index (χ1v) is 13.2. The number of para-hydroxylation sites is 1. The Labute approximate surface area is 199 Å². The van der Waals surface area contributed by atoms with Gasteiger partial charge in [-0.3, -0.25) is 9.59 Å². The fourth-order valence-electron chi connectivity index (χ4n) is 4.43. The Bertz CT molecular complexity index is 1120. The fourth-order valence-corrected chi connectivity index (χ4v) is 6.19. The summed E-state index contributed by atoms with van der Waals surface area (Å²) in [5.74, 6) is -0.664. The summed E-state index contributed by atoms with van der Waals surface area (Å²) < 4.78 is 27.1. The van der Waals surface area contributed by atoms with Gasteiger partial charge in [-0.25, -0.2) is 12.7 Å². The van der Waals surface area contributed by atoms with Gasteiger partial charge < -0.3 is 10.2 Å². The number of nitrogens with zero attached hydrogens (tertiary/aromatic N) is 2. The predicted octanol–water partition coefficient (Wildman–Crippen LogP) is 3.76. The number of rotatable bonds is 6. The molecule has 0 unspecified atom stereocenters. The monoisotopic (exact) mass is 489 g/mol. The molecule has 0 aromatic heterocycles. The molecule has 0 aliphatic carbocycles. The highest BCUT2D eigenvalue weighted by Crippen LogP contribution is 2.25. The Morgan fingerprint density at radius 2 is 1.67 bits per heavy atom. The Kier molecular flexibility index (Phi) is 7.36. The fraction of sp³-hybridized carbons (Fsp3) is 0.417. The van der Waals surface area contributed by atoms with Gasteiger partial charge in [-0.2, -0.15) is 0 Å². The van der Waals surface area contributed by atoms with Crippen molar-refractivity contribution in [1.29, 1.82) is 0 Å². The van der Waals surface area contributed by atoms with E-state index >= 15 is 0 Å². The lowest BCUT2D eigenvalue weighted by atomic mass is 9.97. The molecule has 2 amide bonds. The highest BCUT2D eigenvalue weighted by Gasteiger charge is 2.32. The molecule has 2 aliphatic rings. The molecule has 1 N–H and O–H groups in total. The van der Waals surface area contributed by atoms with Crippen LogP contribution in [0.2, 0.25) is 5.02 Å². The lowest BCUT2D eigenvalue weighted by Crippen LogP contribution is -2.42. The van der Waals surface area contributed by atoms with Crippen LogP contribution in [-0.4, -0.2) is 55.6 Å². The highest BCUT2D eigenvalue weighted by atomic mass is 35.5. The second-order valence-corrected chi connectivity index (χ2v) is 11.0. The average Bonchev–Trinajstić information content (AvgIpc) is 3.34. The third-order valence-corrected chi connectivity index (χ3v) is 8.35. The van der Waals surface area contributed by atoms with E-state index in [0.29, 0.717) is 34.7 Å². The van der Waals surface area contributed by atoms with Gasteiger partial charge in [-0.1, -0.05) is 35.9 Å². The number of piperidine rings is 1. The molecular weight excluding hydrogens is 462 g/mol. The van der Waals surface area contributed by atoms with Crippen LogP contribution >= 0.6 is 11.6 Å². The summed E-state index contributed by atoms with van der Waals surface area (Å²) in [6.07, 6.45) is 2.86. The smallest absolute Gasteiger partial charge is 0.255 e. The van der Waals surface area contributed by atoms with Crippen molar-refractivity contribution in [2.45, 2.75) is 31.4 Å². The highest BCUT2D eigenvalue weighted by molar-refractivity contribution is 7.88. The van der Waals surface area contributed by atoms with E-state index in [1.807, 2.05) is 4.90 Å². The minimum absolute atomic E-state index is 0.0645. The van der Waals surface area contributed by atoms with E-state index in [2.05, 4.69) is 5.32 Å². The quantitative estimate of drug-likeness (QED) is 0.669. The molecule has 0 atom stereocenters. The normalized spacial score (nSPS) is 17.8. The van der Waals surface area contributed by atoms with Crippen LogP contribution in [-0.2, 0) is 20.6 Å². The van der Waals surface area contributed by atoms with E-state index in [1.165, 1.54) is 4.31 Å². The summed E-state index contributed by atoms with van der Waals surface area (Å²) in [7, 11) is -3.50. The van der Waals surface area contributed by atoms with Crippen LogP contribution in [0.25, 0.3) is 0 Å². The van der Waals surface area contributed by atoms with Gasteiger partial charge in [0, 0.05) is 37.1 Å². The molecule has 0 saturated carbocycles. The number of nitrogens with one attached hydrogen (secondary N) is 1. The molecule has 7 nitrogen and oxygen atoms in total. The van der Waals surface area contributed by atoms with E-state index in [9.17, 15) is 18.0 Å². The molecule has 0 spiro atoms. The Hall–Kier alpha value is -2.42. The third kappa shape index (κ3) is 5.75. The van der Waals surface area contributed by atoms with Crippen LogP contribution in [0.3, 0.4) is 0 Å². The average molecular weight is 490 g/mol. The lowest BCUT2D eigenvalue weighted by molar-refractivity contribution is -0.120. The van der Waals surface area contributed by atoms with Crippen molar-refractivity contribution in [2.75, 3.05) is 31.5 Å².